The van der Waals surface area contributed by atoms with Gasteiger partial charge in [-0.05, 0) is 36.6 Å². The second kappa shape index (κ2) is 7.04. The van der Waals surface area contributed by atoms with Crippen LogP contribution in [0, 0.1) is 6.92 Å². The van der Waals surface area contributed by atoms with Crippen LogP contribution in [0.25, 0.3) is 0 Å². The number of H-pyrrole nitrogens is 1. The summed E-state index contributed by atoms with van der Waals surface area (Å²) in [5, 5.41) is 0.406. The zero-order chi connectivity index (χ0) is 16.2. The van der Waals surface area contributed by atoms with E-state index < -0.39 is 0 Å². The maximum absolute atomic E-state index is 12.6. The smallest absolute Gasteiger partial charge is 0.260 e. The lowest BCUT2D eigenvalue weighted by atomic mass is 10.0. The maximum atomic E-state index is 12.6. The van der Waals surface area contributed by atoms with Crippen molar-refractivity contribution in [3.63, 3.8) is 0 Å². The van der Waals surface area contributed by atoms with Gasteiger partial charge in [0.25, 0.3) is 11.5 Å². The first-order valence-electron chi connectivity index (χ1n) is 7.81. The molecule has 4 nitrogen and oxygen atoms in total. The molecule has 2 heterocycles. The highest BCUT2D eigenvalue weighted by molar-refractivity contribution is 7.99. The van der Waals surface area contributed by atoms with Gasteiger partial charge in [0.15, 0.2) is 0 Å². The molecule has 0 spiro atoms. The molecule has 2 aromatic rings. The van der Waals surface area contributed by atoms with Gasteiger partial charge in [-0.3, -0.25) is 9.59 Å². The van der Waals surface area contributed by atoms with Gasteiger partial charge in [-0.25, -0.2) is 0 Å². The fourth-order valence-corrected chi connectivity index (χ4v) is 4.26. The van der Waals surface area contributed by atoms with Crippen molar-refractivity contribution >= 4 is 17.7 Å². The average molecular weight is 328 g/mol. The summed E-state index contributed by atoms with van der Waals surface area (Å²) in [5.74, 6) is 0.716. The zero-order valence-electron chi connectivity index (χ0n) is 13.1. The molecule has 1 N–H and O–H groups in total. The SMILES string of the molecule is Cc1ccccc1C1CCN(C(=O)c2ccc[nH]c2=O)CCS1. The number of carbonyl (C=O) groups excluding carboxylic acids is 1. The van der Waals surface area contributed by atoms with E-state index in [2.05, 4.69) is 36.2 Å². The number of pyridine rings is 1. The summed E-state index contributed by atoms with van der Waals surface area (Å²) < 4.78 is 0. The third-order valence-electron chi connectivity index (χ3n) is 4.21. The Bertz CT molecular complexity index is 756. The molecular weight excluding hydrogens is 308 g/mol. The number of aromatic amines is 1. The lowest BCUT2D eigenvalue weighted by molar-refractivity contribution is 0.0765. The average Bonchev–Trinajstić information content (AvgIpc) is 2.81. The first kappa shape index (κ1) is 15.9. The molecule has 1 amide bonds. The van der Waals surface area contributed by atoms with Gasteiger partial charge in [0.05, 0.1) is 0 Å². The molecule has 5 heteroatoms. The summed E-state index contributed by atoms with van der Waals surface area (Å²) in [6.45, 7) is 3.49. The van der Waals surface area contributed by atoms with Crippen LogP contribution in [0.4, 0.5) is 0 Å². The molecule has 1 atom stereocenters. The third-order valence-corrected chi connectivity index (χ3v) is 5.52. The van der Waals surface area contributed by atoms with Crippen LogP contribution in [0.3, 0.4) is 0 Å². The van der Waals surface area contributed by atoms with Crippen LogP contribution in [0.5, 0.6) is 0 Å². The van der Waals surface area contributed by atoms with Gasteiger partial charge in [0.1, 0.15) is 5.56 Å². The quantitative estimate of drug-likeness (QED) is 0.922. The molecule has 1 aliphatic heterocycles. The minimum Gasteiger partial charge on any atom is -0.338 e. The largest absolute Gasteiger partial charge is 0.338 e. The van der Waals surface area contributed by atoms with Crippen LogP contribution < -0.4 is 5.56 Å². The lowest BCUT2D eigenvalue weighted by Crippen LogP contribution is -2.36. The van der Waals surface area contributed by atoms with E-state index in [0.29, 0.717) is 18.3 Å². The topological polar surface area (TPSA) is 53.2 Å². The summed E-state index contributed by atoms with van der Waals surface area (Å²) >= 11 is 1.89. The highest BCUT2D eigenvalue weighted by Crippen LogP contribution is 2.36. The number of hydrogen-bond donors (Lipinski definition) is 1. The van der Waals surface area contributed by atoms with Crippen LogP contribution in [-0.2, 0) is 0 Å². The fourth-order valence-electron chi connectivity index (χ4n) is 2.93. The molecule has 1 aliphatic rings. The van der Waals surface area contributed by atoms with Gasteiger partial charge in [-0.15, -0.1) is 0 Å². The number of rotatable bonds is 2. The van der Waals surface area contributed by atoms with Gasteiger partial charge >= 0.3 is 0 Å². The summed E-state index contributed by atoms with van der Waals surface area (Å²) in [6.07, 6.45) is 2.46. The highest BCUT2D eigenvalue weighted by Gasteiger charge is 2.24. The number of aryl methyl sites for hydroxylation is 1. The van der Waals surface area contributed by atoms with Gasteiger partial charge < -0.3 is 9.88 Å². The summed E-state index contributed by atoms with van der Waals surface area (Å²) in [6, 6.07) is 11.7. The molecule has 1 saturated heterocycles. The molecule has 23 heavy (non-hydrogen) atoms. The minimum atomic E-state index is -0.315. The number of nitrogens with zero attached hydrogens (tertiary/aromatic N) is 1. The number of aromatic nitrogens is 1. The van der Waals surface area contributed by atoms with E-state index in [1.165, 1.54) is 11.1 Å². The van der Waals surface area contributed by atoms with Crippen molar-refractivity contribution in [2.24, 2.45) is 0 Å². The number of benzene rings is 1. The molecule has 1 unspecified atom stereocenters. The Kier molecular flexibility index (Phi) is 4.86. The van der Waals surface area contributed by atoms with Crippen molar-refractivity contribution in [1.82, 2.24) is 9.88 Å². The molecule has 1 aromatic carbocycles. The highest BCUT2D eigenvalue weighted by atomic mass is 32.2. The fraction of sp³-hybridized carbons (Fsp3) is 0.333. The Morgan fingerprint density at radius 2 is 2.04 bits per heavy atom. The molecule has 0 radical (unpaired) electrons. The number of amides is 1. The van der Waals surface area contributed by atoms with Gasteiger partial charge in [0, 0.05) is 30.3 Å². The predicted molar refractivity (Wildman–Crippen MR) is 94.0 cm³/mol. The minimum absolute atomic E-state index is 0.169. The van der Waals surface area contributed by atoms with E-state index in [9.17, 15) is 9.59 Å². The summed E-state index contributed by atoms with van der Waals surface area (Å²) in [5.41, 5.74) is 2.56. The van der Waals surface area contributed by atoms with E-state index in [0.717, 1.165) is 12.2 Å². The normalized spacial score (nSPS) is 18.5. The monoisotopic (exact) mass is 328 g/mol. The molecule has 120 valence electrons. The van der Waals surface area contributed by atoms with E-state index >= 15 is 0 Å². The van der Waals surface area contributed by atoms with Gasteiger partial charge in [-0.2, -0.15) is 11.8 Å². The molecule has 0 bridgehead atoms. The van der Waals surface area contributed by atoms with Crippen LogP contribution >= 0.6 is 11.8 Å². The van der Waals surface area contributed by atoms with Crippen LogP contribution in [0.15, 0.2) is 47.4 Å². The molecule has 0 aliphatic carbocycles. The number of carbonyl (C=O) groups is 1. The molecule has 1 fully saturated rings. The standard InChI is InChI=1S/C18H20N2O2S/c1-13-5-2-3-6-14(13)16-8-10-20(11-12-23-16)18(22)15-7-4-9-19-17(15)21/h2-7,9,16H,8,10-12H2,1H3,(H,19,21). The first-order valence-corrected chi connectivity index (χ1v) is 8.86. The second-order valence-corrected chi connectivity index (χ2v) is 7.02. The Balaban J connectivity index is 1.74. The van der Waals surface area contributed by atoms with Crippen LogP contribution in [0.1, 0.15) is 33.2 Å². The lowest BCUT2D eigenvalue weighted by Gasteiger charge is -2.20. The Labute approximate surface area is 139 Å². The number of nitrogens with one attached hydrogen (secondary N) is 1. The Morgan fingerprint density at radius 1 is 1.22 bits per heavy atom. The van der Waals surface area contributed by atoms with E-state index in [1.54, 1.807) is 23.2 Å². The summed E-state index contributed by atoms with van der Waals surface area (Å²) in [7, 11) is 0. The van der Waals surface area contributed by atoms with Gasteiger partial charge in [0.2, 0.25) is 0 Å². The van der Waals surface area contributed by atoms with Crippen molar-refractivity contribution in [3.05, 3.63) is 69.6 Å². The predicted octanol–water partition coefficient (Wildman–Crippen LogP) is 3.00. The molecular formula is C18H20N2O2S. The van der Waals surface area contributed by atoms with E-state index in [-0.39, 0.29) is 17.0 Å². The van der Waals surface area contributed by atoms with Gasteiger partial charge in [-0.1, -0.05) is 24.3 Å². The van der Waals surface area contributed by atoms with Crippen LogP contribution in [-0.4, -0.2) is 34.6 Å². The van der Waals surface area contributed by atoms with Crippen molar-refractivity contribution in [2.75, 3.05) is 18.8 Å². The summed E-state index contributed by atoms with van der Waals surface area (Å²) in [4.78, 5) is 28.8. The molecule has 1 aromatic heterocycles. The maximum Gasteiger partial charge on any atom is 0.260 e. The number of hydrogen-bond acceptors (Lipinski definition) is 3. The first-order chi connectivity index (χ1) is 11.2. The Hall–Kier alpha value is -2.01. The van der Waals surface area contributed by atoms with Crippen molar-refractivity contribution < 1.29 is 4.79 Å². The molecule has 0 saturated carbocycles. The zero-order valence-corrected chi connectivity index (χ0v) is 13.9. The van der Waals surface area contributed by atoms with E-state index in [4.69, 9.17) is 0 Å². The van der Waals surface area contributed by atoms with Crippen molar-refractivity contribution in [3.8, 4) is 0 Å². The van der Waals surface area contributed by atoms with E-state index in [1.807, 2.05) is 11.8 Å². The second-order valence-electron chi connectivity index (χ2n) is 5.71. The third kappa shape index (κ3) is 3.50. The molecule has 3 rings (SSSR count). The van der Waals surface area contributed by atoms with Crippen LogP contribution in [0.2, 0.25) is 0 Å². The van der Waals surface area contributed by atoms with Crippen molar-refractivity contribution in [1.29, 1.82) is 0 Å². The Morgan fingerprint density at radius 3 is 2.83 bits per heavy atom. The number of thioether (sulfide) groups is 1. The van der Waals surface area contributed by atoms with Crippen molar-refractivity contribution in [2.45, 2.75) is 18.6 Å².